The molecule has 4 aromatic rings. The van der Waals surface area contributed by atoms with E-state index in [2.05, 4.69) is 5.32 Å². The second kappa shape index (κ2) is 16.9. The maximum atomic E-state index is 14.8. The van der Waals surface area contributed by atoms with E-state index in [1.807, 2.05) is 43.3 Å². The first kappa shape index (κ1) is 36.7. The van der Waals surface area contributed by atoms with Crippen LogP contribution in [0.4, 0.5) is 5.69 Å². The fourth-order valence-electron chi connectivity index (χ4n) is 6.27. The zero-order chi connectivity index (χ0) is 35.7. The third kappa shape index (κ3) is 9.17. The van der Waals surface area contributed by atoms with Crippen molar-refractivity contribution in [1.29, 1.82) is 0 Å². The van der Waals surface area contributed by atoms with Crippen LogP contribution in [0.1, 0.15) is 48.8 Å². The number of anilines is 1. The van der Waals surface area contributed by atoms with Crippen LogP contribution >= 0.6 is 11.6 Å². The minimum absolute atomic E-state index is 0.00660. The third-order valence-electron chi connectivity index (χ3n) is 9.01. The van der Waals surface area contributed by atoms with Crippen LogP contribution in [0.5, 0.6) is 11.5 Å². The van der Waals surface area contributed by atoms with Crippen molar-refractivity contribution >= 4 is 39.1 Å². The molecule has 0 unspecified atom stereocenters. The highest BCUT2D eigenvalue weighted by Crippen LogP contribution is 2.33. The number of hydrogen-bond donors (Lipinski definition) is 1. The van der Waals surface area contributed by atoms with Gasteiger partial charge in [-0.25, -0.2) is 8.42 Å². The summed E-state index contributed by atoms with van der Waals surface area (Å²) in [6.45, 7) is 1.36. The molecule has 1 aliphatic carbocycles. The Labute approximate surface area is 300 Å². The van der Waals surface area contributed by atoms with E-state index < -0.39 is 28.5 Å². The number of aryl methyl sites for hydroxylation is 1. The lowest BCUT2D eigenvalue weighted by Crippen LogP contribution is -2.55. The maximum absolute atomic E-state index is 14.8. The lowest BCUT2D eigenvalue weighted by Gasteiger charge is -2.35. The molecule has 4 aromatic carbocycles. The summed E-state index contributed by atoms with van der Waals surface area (Å²) in [6.07, 6.45) is 5.16. The van der Waals surface area contributed by atoms with E-state index in [0.29, 0.717) is 22.0 Å². The Kier molecular flexibility index (Phi) is 12.4. The van der Waals surface area contributed by atoms with Crippen molar-refractivity contribution in [3.63, 3.8) is 0 Å². The standard InChI is InChI=1S/C39H44ClN3O6S/c1-28-17-19-33(20-18-28)43(50(46,47)34-21-22-36(48-2)37(25-34)49-3)27-38(44)42(26-30-13-10-14-31(40)23-30)35(24-29-11-6-4-7-12-29)39(45)41-32-15-8-5-9-16-32/h4,6-7,10-14,17-23,25,32,35H,5,8-9,15-16,24,26-27H2,1-3H3,(H,41,45)/t35-/m1/s1. The van der Waals surface area contributed by atoms with Gasteiger partial charge in [-0.15, -0.1) is 0 Å². The number of sulfonamides is 1. The lowest BCUT2D eigenvalue weighted by molar-refractivity contribution is -0.140. The zero-order valence-corrected chi connectivity index (χ0v) is 30.3. The number of carbonyl (C=O) groups is 2. The highest BCUT2D eigenvalue weighted by Gasteiger charge is 2.35. The Hall–Kier alpha value is -4.54. The minimum Gasteiger partial charge on any atom is -0.493 e. The van der Waals surface area contributed by atoms with Crippen molar-refractivity contribution in [2.24, 2.45) is 0 Å². The topological polar surface area (TPSA) is 105 Å². The maximum Gasteiger partial charge on any atom is 0.264 e. The molecule has 11 heteroatoms. The fraction of sp³-hybridized carbons (Fsp3) is 0.333. The Balaban J connectivity index is 1.58. The Morgan fingerprint density at radius 3 is 2.18 bits per heavy atom. The molecule has 1 aliphatic rings. The molecule has 5 rings (SSSR count). The normalized spacial score (nSPS) is 14.0. The predicted octanol–water partition coefficient (Wildman–Crippen LogP) is 6.95. The molecule has 1 N–H and O–H groups in total. The van der Waals surface area contributed by atoms with Crippen molar-refractivity contribution in [2.45, 2.75) is 69.0 Å². The van der Waals surface area contributed by atoms with Crippen LogP contribution in [0, 0.1) is 6.92 Å². The molecule has 1 saturated carbocycles. The molecule has 9 nitrogen and oxygen atoms in total. The number of ether oxygens (including phenoxy) is 2. The van der Waals surface area contributed by atoms with Gasteiger partial charge in [-0.2, -0.15) is 0 Å². The summed E-state index contributed by atoms with van der Waals surface area (Å²) >= 11 is 6.37. The van der Waals surface area contributed by atoms with Crippen molar-refractivity contribution < 1.29 is 27.5 Å². The first-order valence-corrected chi connectivity index (χ1v) is 18.6. The first-order chi connectivity index (χ1) is 24.1. The molecule has 50 heavy (non-hydrogen) atoms. The van der Waals surface area contributed by atoms with E-state index in [0.717, 1.165) is 47.5 Å². The summed E-state index contributed by atoms with van der Waals surface area (Å²) in [5, 5.41) is 3.71. The summed E-state index contributed by atoms with van der Waals surface area (Å²) in [5.74, 6) is -0.228. The number of hydrogen-bond acceptors (Lipinski definition) is 6. The number of methoxy groups -OCH3 is 2. The molecular weight excluding hydrogens is 674 g/mol. The van der Waals surface area contributed by atoms with Crippen LogP contribution < -0.4 is 19.1 Å². The van der Waals surface area contributed by atoms with Crippen LogP contribution in [0.3, 0.4) is 0 Å². The van der Waals surface area contributed by atoms with Gasteiger partial charge in [-0.05, 0) is 67.3 Å². The molecule has 0 radical (unpaired) electrons. The number of amides is 2. The van der Waals surface area contributed by atoms with Crippen LogP contribution in [-0.2, 0) is 32.6 Å². The van der Waals surface area contributed by atoms with E-state index in [-0.39, 0.29) is 35.6 Å². The van der Waals surface area contributed by atoms with Crippen molar-refractivity contribution in [1.82, 2.24) is 10.2 Å². The Bertz CT molecular complexity index is 1860. The van der Waals surface area contributed by atoms with E-state index in [4.69, 9.17) is 21.1 Å². The van der Waals surface area contributed by atoms with Crippen LogP contribution in [0.25, 0.3) is 0 Å². The molecule has 0 aromatic heterocycles. The molecule has 2 amide bonds. The number of benzene rings is 4. The zero-order valence-electron chi connectivity index (χ0n) is 28.7. The molecule has 0 bridgehead atoms. The molecule has 0 aliphatic heterocycles. The summed E-state index contributed by atoms with van der Waals surface area (Å²) in [7, 11) is -1.44. The quantitative estimate of drug-likeness (QED) is 0.151. The van der Waals surface area contributed by atoms with Gasteiger partial charge < -0.3 is 19.7 Å². The number of halogens is 1. The van der Waals surface area contributed by atoms with Crippen molar-refractivity contribution in [3.05, 3.63) is 119 Å². The van der Waals surface area contributed by atoms with Gasteiger partial charge in [0.15, 0.2) is 11.5 Å². The van der Waals surface area contributed by atoms with Gasteiger partial charge in [0.1, 0.15) is 12.6 Å². The molecule has 1 atom stereocenters. The minimum atomic E-state index is -4.33. The van der Waals surface area contributed by atoms with Crippen molar-refractivity contribution in [3.8, 4) is 11.5 Å². The van der Waals surface area contributed by atoms with E-state index in [1.165, 1.54) is 37.3 Å². The largest absolute Gasteiger partial charge is 0.493 e. The summed E-state index contributed by atoms with van der Waals surface area (Å²) < 4.78 is 40.8. The Morgan fingerprint density at radius 1 is 0.840 bits per heavy atom. The molecule has 0 heterocycles. The van der Waals surface area contributed by atoms with Gasteiger partial charge >= 0.3 is 0 Å². The van der Waals surface area contributed by atoms with Gasteiger partial charge in [-0.1, -0.05) is 91.0 Å². The Morgan fingerprint density at radius 2 is 1.52 bits per heavy atom. The second-order valence-electron chi connectivity index (χ2n) is 12.6. The molecule has 1 fully saturated rings. The molecular formula is C39H44ClN3O6S. The molecule has 264 valence electrons. The van der Waals surface area contributed by atoms with Gasteiger partial charge in [-0.3, -0.25) is 13.9 Å². The number of rotatable bonds is 14. The average molecular weight is 718 g/mol. The summed E-state index contributed by atoms with van der Waals surface area (Å²) in [5.41, 5.74) is 2.80. The van der Waals surface area contributed by atoms with Gasteiger partial charge in [0.25, 0.3) is 10.0 Å². The molecule has 0 saturated heterocycles. The lowest BCUT2D eigenvalue weighted by atomic mass is 9.94. The van der Waals surface area contributed by atoms with E-state index >= 15 is 0 Å². The SMILES string of the molecule is COc1ccc(S(=O)(=O)N(CC(=O)N(Cc2cccc(Cl)c2)[C@H](Cc2ccccc2)C(=O)NC2CCCCC2)c2ccc(C)cc2)cc1OC. The van der Waals surface area contributed by atoms with E-state index in [1.54, 1.807) is 42.5 Å². The number of nitrogens with one attached hydrogen (secondary N) is 1. The highest BCUT2D eigenvalue weighted by molar-refractivity contribution is 7.92. The summed E-state index contributed by atoms with van der Waals surface area (Å²) in [6, 6.07) is 26.9. The van der Waals surface area contributed by atoms with Crippen LogP contribution in [0.15, 0.2) is 102 Å². The smallest absolute Gasteiger partial charge is 0.264 e. The van der Waals surface area contributed by atoms with E-state index in [9.17, 15) is 18.0 Å². The summed E-state index contributed by atoms with van der Waals surface area (Å²) in [4.78, 5) is 30.5. The first-order valence-electron chi connectivity index (χ1n) is 16.8. The van der Waals surface area contributed by atoms with Crippen molar-refractivity contribution in [2.75, 3.05) is 25.1 Å². The highest BCUT2D eigenvalue weighted by atomic mass is 35.5. The third-order valence-corrected chi connectivity index (χ3v) is 11.0. The van der Waals surface area contributed by atoms with Gasteiger partial charge in [0.05, 0.1) is 24.8 Å². The van der Waals surface area contributed by atoms with Crippen LogP contribution in [0.2, 0.25) is 5.02 Å². The van der Waals surface area contributed by atoms with Crippen LogP contribution in [-0.4, -0.2) is 58.0 Å². The predicted molar refractivity (Wildman–Crippen MR) is 196 cm³/mol. The number of carbonyl (C=O) groups excluding carboxylic acids is 2. The second-order valence-corrected chi connectivity index (χ2v) is 14.9. The monoisotopic (exact) mass is 717 g/mol. The number of nitrogens with zero attached hydrogens (tertiary/aromatic N) is 2. The molecule has 0 spiro atoms. The van der Waals surface area contributed by atoms with Gasteiger partial charge in [0, 0.05) is 30.1 Å². The fourth-order valence-corrected chi connectivity index (χ4v) is 7.92. The van der Waals surface area contributed by atoms with Gasteiger partial charge in [0.2, 0.25) is 11.8 Å². The average Bonchev–Trinajstić information content (AvgIpc) is 3.12.